The summed E-state index contributed by atoms with van der Waals surface area (Å²) in [6.07, 6.45) is 1.89. The number of nitrogens with zero attached hydrogens (tertiary/aromatic N) is 3. The Balaban J connectivity index is 1.73. The zero-order valence-corrected chi connectivity index (χ0v) is 22.6. The van der Waals surface area contributed by atoms with Crippen LogP contribution < -0.4 is 11.3 Å². The largest absolute Gasteiger partial charge is 0.330 e. The van der Waals surface area contributed by atoms with Gasteiger partial charge in [-0.3, -0.25) is 9.36 Å². The lowest BCUT2D eigenvalue weighted by Crippen LogP contribution is -2.37. The molecule has 37 heavy (non-hydrogen) atoms. The maximum Gasteiger partial charge on any atom is 0.261 e. The van der Waals surface area contributed by atoms with Gasteiger partial charge < -0.3 is 10.6 Å². The van der Waals surface area contributed by atoms with E-state index in [1.165, 1.54) is 5.56 Å². The van der Waals surface area contributed by atoms with Gasteiger partial charge >= 0.3 is 0 Å². The molecular formula is C31H37ClN4O. The number of hydrogen-bond donors (Lipinski definition) is 1. The first kappa shape index (κ1) is 27.1. The van der Waals surface area contributed by atoms with Crippen LogP contribution in [0.2, 0.25) is 5.02 Å². The van der Waals surface area contributed by atoms with E-state index in [2.05, 4.69) is 55.1 Å². The molecule has 1 aromatic heterocycles. The molecule has 0 saturated heterocycles. The number of halogens is 1. The molecule has 0 aliphatic carbocycles. The number of rotatable bonds is 12. The number of nitrogens with two attached hydrogens (primary N) is 1. The van der Waals surface area contributed by atoms with Gasteiger partial charge in [0.25, 0.3) is 5.56 Å². The van der Waals surface area contributed by atoms with Crippen molar-refractivity contribution in [2.24, 2.45) is 11.7 Å². The minimum Gasteiger partial charge on any atom is -0.330 e. The Morgan fingerprint density at radius 3 is 2.27 bits per heavy atom. The molecule has 3 aromatic carbocycles. The molecule has 1 atom stereocenters. The van der Waals surface area contributed by atoms with E-state index in [4.69, 9.17) is 22.3 Å². The van der Waals surface area contributed by atoms with Gasteiger partial charge in [0, 0.05) is 24.0 Å². The molecule has 4 aromatic rings. The normalized spacial score (nSPS) is 12.5. The van der Waals surface area contributed by atoms with E-state index in [0.29, 0.717) is 29.0 Å². The molecule has 6 heteroatoms. The maximum absolute atomic E-state index is 13.8. The summed E-state index contributed by atoms with van der Waals surface area (Å²) in [5.74, 6) is 1.16. The van der Waals surface area contributed by atoms with Crippen molar-refractivity contribution in [3.8, 4) is 0 Å². The zero-order chi connectivity index (χ0) is 26.2. The fourth-order valence-electron chi connectivity index (χ4n) is 4.82. The Morgan fingerprint density at radius 1 is 0.946 bits per heavy atom. The topological polar surface area (TPSA) is 64.2 Å². The molecule has 4 rings (SSSR count). The van der Waals surface area contributed by atoms with Crippen LogP contribution in [-0.2, 0) is 13.0 Å². The molecule has 194 valence electrons. The van der Waals surface area contributed by atoms with Gasteiger partial charge in [-0.25, -0.2) is 4.98 Å². The summed E-state index contributed by atoms with van der Waals surface area (Å²) in [4.78, 5) is 21.4. The van der Waals surface area contributed by atoms with Crippen LogP contribution in [0.3, 0.4) is 0 Å². The van der Waals surface area contributed by atoms with E-state index in [0.717, 1.165) is 43.9 Å². The predicted octanol–water partition coefficient (Wildman–Crippen LogP) is 5.73. The molecule has 0 saturated carbocycles. The highest BCUT2D eigenvalue weighted by Crippen LogP contribution is 2.27. The summed E-state index contributed by atoms with van der Waals surface area (Å²) in [6, 6.07) is 26.0. The molecule has 0 amide bonds. The highest BCUT2D eigenvalue weighted by Gasteiger charge is 2.26. The molecule has 0 aliphatic rings. The van der Waals surface area contributed by atoms with Crippen LogP contribution in [-0.4, -0.2) is 40.6 Å². The average Bonchev–Trinajstić information content (AvgIpc) is 2.91. The Morgan fingerprint density at radius 2 is 1.62 bits per heavy atom. The first-order valence-electron chi connectivity index (χ1n) is 13.2. The lowest BCUT2D eigenvalue weighted by atomic mass is 9.93. The van der Waals surface area contributed by atoms with Crippen molar-refractivity contribution in [1.82, 2.24) is 14.5 Å². The second-order valence-electron chi connectivity index (χ2n) is 10.0. The summed E-state index contributed by atoms with van der Waals surface area (Å²) >= 11 is 6.31. The first-order valence-corrected chi connectivity index (χ1v) is 13.5. The first-order chi connectivity index (χ1) is 18.0. The Labute approximate surface area is 224 Å². The molecule has 0 bridgehead atoms. The number of fused-ring (bicyclic) bond motifs is 1. The van der Waals surface area contributed by atoms with Gasteiger partial charge in [0.15, 0.2) is 0 Å². The molecule has 0 spiro atoms. The fourth-order valence-corrected chi connectivity index (χ4v) is 4.99. The third-order valence-corrected chi connectivity index (χ3v) is 7.19. The van der Waals surface area contributed by atoms with Gasteiger partial charge in [-0.15, -0.1) is 0 Å². The lowest BCUT2D eigenvalue weighted by molar-refractivity contribution is 0.231. The maximum atomic E-state index is 13.8. The highest BCUT2D eigenvalue weighted by atomic mass is 35.5. The Bertz CT molecular complexity index is 1340. The minimum absolute atomic E-state index is 0.0241. The molecule has 5 nitrogen and oxygen atoms in total. The van der Waals surface area contributed by atoms with Gasteiger partial charge in [-0.2, -0.15) is 0 Å². The monoisotopic (exact) mass is 516 g/mol. The van der Waals surface area contributed by atoms with Crippen LogP contribution in [0.1, 0.15) is 43.1 Å². The van der Waals surface area contributed by atoms with Crippen molar-refractivity contribution in [3.05, 3.63) is 111 Å². The number of benzene rings is 3. The summed E-state index contributed by atoms with van der Waals surface area (Å²) in [5.41, 5.74) is 8.92. The van der Waals surface area contributed by atoms with Crippen molar-refractivity contribution in [2.45, 2.75) is 39.2 Å². The zero-order valence-electron chi connectivity index (χ0n) is 21.8. The van der Waals surface area contributed by atoms with Crippen molar-refractivity contribution >= 4 is 22.5 Å². The van der Waals surface area contributed by atoms with Crippen molar-refractivity contribution in [3.63, 3.8) is 0 Å². The van der Waals surface area contributed by atoms with Crippen molar-refractivity contribution in [2.75, 3.05) is 26.2 Å². The van der Waals surface area contributed by atoms with Gasteiger partial charge in [-0.05, 0) is 61.2 Å². The van der Waals surface area contributed by atoms with Crippen LogP contribution in [0.4, 0.5) is 0 Å². The summed E-state index contributed by atoms with van der Waals surface area (Å²) in [6.45, 7) is 8.20. The van der Waals surface area contributed by atoms with Gasteiger partial charge in [0.05, 0.1) is 17.4 Å². The summed E-state index contributed by atoms with van der Waals surface area (Å²) in [7, 11) is 0. The van der Waals surface area contributed by atoms with Gasteiger partial charge in [-0.1, -0.05) is 86.1 Å². The van der Waals surface area contributed by atoms with Gasteiger partial charge in [0.2, 0.25) is 0 Å². The third kappa shape index (κ3) is 7.07. The second-order valence-corrected chi connectivity index (χ2v) is 10.5. The molecule has 1 unspecified atom stereocenters. The smallest absolute Gasteiger partial charge is 0.261 e. The molecular weight excluding hydrogens is 480 g/mol. The van der Waals surface area contributed by atoms with E-state index in [1.807, 2.05) is 28.8 Å². The van der Waals surface area contributed by atoms with Crippen LogP contribution >= 0.6 is 11.6 Å². The van der Waals surface area contributed by atoms with E-state index in [9.17, 15) is 4.79 Å². The van der Waals surface area contributed by atoms with Crippen LogP contribution in [0.15, 0.2) is 83.7 Å². The summed E-state index contributed by atoms with van der Waals surface area (Å²) < 4.78 is 1.87. The second kappa shape index (κ2) is 13.0. The lowest BCUT2D eigenvalue weighted by Gasteiger charge is -2.31. The highest BCUT2D eigenvalue weighted by molar-refractivity contribution is 6.31. The van der Waals surface area contributed by atoms with Crippen LogP contribution in [0.25, 0.3) is 10.9 Å². The fraction of sp³-hybridized carbons (Fsp3) is 0.355. The summed E-state index contributed by atoms with van der Waals surface area (Å²) in [5, 5.41) is 1.18. The quantitative estimate of drug-likeness (QED) is 0.261. The Kier molecular flexibility index (Phi) is 9.51. The van der Waals surface area contributed by atoms with Crippen LogP contribution in [0, 0.1) is 5.92 Å². The number of hydrogen-bond acceptors (Lipinski definition) is 4. The number of aromatic nitrogens is 2. The minimum atomic E-state index is -0.0241. The van der Waals surface area contributed by atoms with Crippen LogP contribution in [0.5, 0.6) is 0 Å². The predicted molar refractivity (Wildman–Crippen MR) is 154 cm³/mol. The van der Waals surface area contributed by atoms with Crippen molar-refractivity contribution in [1.29, 1.82) is 0 Å². The molecule has 0 fully saturated rings. The molecule has 1 heterocycles. The molecule has 0 radical (unpaired) electrons. The molecule has 2 N–H and O–H groups in total. The average molecular weight is 517 g/mol. The van der Waals surface area contributed by atoms with Crippen molar-refractivity contribution < 1.29 is 0 Å². The van der Waals surface area contributed by atoms with E-state index in [1.54, 1.807) is 18.2 Å². The SMILES string of the molecule is CC(C)C(CN(CCCN)CCc1ccccc1)c1nc2cc(Cl)ccc2c(=O)n1Cc1ccccc1. The van der Waals surface area contributed by atoms with Gasteiger partial charge in [0.1, 0.15) is 5.82 Å². The van der Waals surface area contributed by atoms with E-state index in [-0.39, 0.29) is 17.4 Å². The van der Waals surface area contributed by atoms with E-state index >= 15 is 0 Å². The third-order valence-electron chi connectivity index (χ3n) is 6.96. The van der Waals surface area contributed by atoms with E-state index < -0.39 is 0 Å². The molecule has 0 aliphatic heterocycles. The Hall–Kier alpha value is -2.99. The standard InChI is InChI=1S/C31H37ClN4O/c1-23(2)28(22-35(18-9-17-33)19-16-24-10-5-3-6-11-24)30-34-29-20-26(32)14-15-27(29)31(37)36(30)21-25-12-7-4-8-13-25/h3-8,10-15,20,23,28H,9,16-19,21-22,33H2,1-2H3.